The summed E-state index contributed by atoms with van der Waals surface area (Å²) in [5.74, 6) is -0.237. The molecule has 2 rings (SSSR count). The highest BCUT2D eigenvalue weighted by atomic mass is 127. The highest BCUT2D eigenvalue weighted by molar-refractivity contribution is 14.1. The topological polar surface area (TPSA) is 17.8 Å². The molecule has 0 spiro atoms. The zero-order valence-electron chi connectivity index (χ0n) is 9.47. The van der Waals surface area contributed by atoms with Gasteiger partial charge in [0.15, 0.2) is 0 Å². The van der Waals surface area contributed by atoms with E-state index in [2.05, 4.69) is 43.6 Å². The zero-order valence-corrected chi connectivity index (χ0v) is 13.2. The molecule has 1 aromatic heterocycles. The summed E-state index contributed by atoms with van der Waals surface area (Å²) in [4.78, 5) is 0. The van der Waals surface area contributed by atoms with Crippen LogP contribution in [0.1, 0.15) is 17.0 Å². The van der Waals surface area contributed by atoms with Crippen LogP contribution in [0.5, 0.6) is 0 Å². The van der Waals surface area contributed by atoms with Crippen molar-refractivity contribution in [2.24, 2.45) is 0 Å². The Labute approximate surface area is 121 Å². The summed E-state index contributed by atoms with van der Waals surface area (Å²) < 4.78 is 17.0. The van der Waals surface area contributed by atoms with Crippen LogP contribution in [0.25, 0.3) is 0 Å². The zero-order chi connectivity index (χ0) is 12.6. The van der Waals surface area contributed by atoms with E-state index in [1.54, 1.807) is 6.07 Å². The molecule has 17 heavy (non-hydrogen) atoms. The lowest BCUT2D eigenvalue weighted by Gasteiger charge is -2.07. The van der Waals surface area contributed by atoms with E-state index in [1.807, 2.05) is 24.6 Å². The summed E-state index contributed by atoms with van der Waals surface area (Å²) in [6, 6.07) is 5.06. The molecule has 0 N–H and O–H groups in total. The highest BCUT2D eigenvalue weighted by Gasteiger charge is 2.11. The van der Waals surface area contributed by atoms with Gasteiger partial charge in [0.05, 0.1) is 20.3 Å². The average Bonchev–Trinajstić information content (AvgIpc) is 2.53. The SMILES string of the molecule is Cc1nn(Cc2cccc(F)c2Br)c(C)c1I. The molecule has 0 aliphatic carbocycles. The average molecular weight is 409 g/mol. The van der Waals surface area contributed by atoms with Crippen LogP contribution in [0.2, 0.25) is 0 Å². The number of benzene rings is 1. The molecular weight excluding hydrogens is 398 g/mol. The number of aryl methyl sites for hydroxylation is 1. The van der Waals surface area contributed by atoms with Crippen molar-refractivity contribution in [1.29, 1.82) is 0 Å². The van der Waals surface area contributed by atoms with Gasteiger partial charge < -0.3 is 0 Å². The van der Waals surface area contributed by atoms with Gasteiger partial charge in [-0.1, -0.05) is 12.1 Å². The van der Waals surface area contributed by atoms with Crippen molar-refractivity contribution < 1.29 is 4.39 Å². The molecule has 0 aliphatic heterocycles. The highest BCUT2D eigenvalue weighted by Crippen LogP contribution is 2.23. The third-order valence-corrected chi connectivity index (χ3v) is 5.09. The summed E-state index contributed by atoms with van der Waals surface area (Å²) in [5, 5.41) is 4.44. The Bertz CT molecular complexity index is 566. The number of rotatable bonds is 2. The first-order chi connectivity index (χ1) is 8.00. The first kappa shape index (κ1) is 13.0. The van der Waals surface area contributed by atoms with E-state index in [1.165, 1.54) is 6.07 Å². The number of aromatic nitrogens is 2. The molecule has 0 amide bonds. The standard InChI is InChI=1S/C12H11BrFIN2/c1-7-12(15)8(2)17(16-7)6-9-4-3-5-10(14)11(9)13/h3-5H,6H2,1-2H3. The van der Waals surface area contributed by atoms with E-state index in [0.29, 0.717) is 11.0 Å². The maximum atomic E-state index is 13.4. The smallest absolute Gasteiger partial charge is 0.137 e. The largest absolute Gasteiger partial charge is 0.264 e. The van der Waals surface area contributed by atoms with Crippen molar-refractivity contribution in [3.63, 3.8) is 0 Å². The molecule has 1 heterocycles. The number of hydrogen-bond acceptors (Lipinski definition) is 1. The summed E-state index contributed by atoms with van der Waals surface area (Å²) in [7, 11) is 0. The van der Waals surface area contributed by atoms with Gasteiger partial charge in [-0.25, -0.2) is 4.39 Å². The van der Waals surface area contributed by atoms with Crippen molar-refractivity contribution in [2.75, 3.05) is 0 Å². The maximum absolute atomic E-state index is 13.4. The van der Waals surface area contributed by atoms with E-state index in [0.717, 1.165) is 20.5 Å². The summed E-state index contributed by atoms with van der Waals surface area (Å²) in [6.07, 6.45) is 0. The van der Waals surface area contributed by atoms with Gasteiger partial charge in [-0.3, -0.25) is 4.68 Å². The fraction of sp³-hybridized carbons (Fsp3) is 0.250. The Morgan fingerprint density at radius 3 is 2.71 bits per heavy atom. The number of nitrogens with zero attached hydrogens (tertiary/aromatic N) is 2. The van der Waals surface area contributed by atoms with E-state index < -0.39 is 0 Å². The molecule has 90 valence electrons. The van der Waals surface area contributed by atoms with Crippen molar-refractivity contribution >= 4 is 38.5 Å². The van der Waals surface area contributed by atoms with Crippen LogP contribution in [0.4, 0.5) is 4.39 Å². The Balaban J connectivity index is 2.38. The molecule has 0 radical (unpaired) electrons. The van der Waals surface area contributed by atoms with Crippen molar-refractivity contribution in [3.05, 3.63) is 49.0 Å². The second-order valence-electron chi connectivity index (χ2n) is 3.86. The second-order valence-corrected chi connectivity index (χ2v) is 5.73. The number of hydrogen-bond donors (Lipinski definition) is 0. The molecule has 0 saturated carbocycles. The van der Waals surface area contributed by atoms with Gasteiger partial charge in [-0.05, 0) is 64.0 Å². The summed E-state index contributed by atoms with van der Waals surface area (Å²) >= 11 is 5.55. The van der Waals surface area contributed by atoms with Gasteiger partial charge in [-0.15, -0.1) is 0 Å². The minimum Gasteiger partial charge on any atom is -0.264 e. The Morgan fingerprint density at radius 2 is 2.12 bits per heavy atom. The normalized spacial score (nSPS) is 10.9. The fourth-order valence-electron chi connectivity index (χ4n) is 1.66. The third kappa shape index (κ3) is 2.54. The second kappa shape index (κ2) is 5.06. The third-order valence-electron chi connectivity index (χ3n) is 2.64. The van der Waals surface area contributed by atoms with Crippen LogP contribution in [-0.2, 0) is 6.54 Å². The van der Waals surface area contributed by atoms with Gasteiger partial charge in [0, 0.05) is 5.69 Å². The molecule has 0 atom stereocenters. The lowest BCUT2D eigenvalue weighted by atomic mass is 10.2. The van der Waals surface area contributed by atoms with Gasteiger partial charge in [-0.2, -0.15) is 5.10 Å². The lowest BCUT2D eigenvalue weighted by molar-refractivity contribution is 0.607. The van der Waals surface area contributed by atoms with Crippen LogP contribution < -0.4 is 0 Å². The monoisotopic (exact) mass is 408 g/mol. The molecular formula is C12H11BrFIN2. The maximum Gasteiger partial charge on any atom is 0.137 e. The molecule has 5 heteroatoms. The minimum atomic E-state index is -0.237. The van der Waals surface area contributed by atoms with Crippen LogP contribution in [0.3, 0.4) is 0 Å². The fourth-order valence-corrected chi connectivity index (χ4v) is 2.44. The summed E-state index contributed by atoms with van der Waals surface area (Å²) in [5.41, 5.74) is 3.02. The lowest BCUT2D eigenvalue weighted by Crippen LogP contribution is -2.05. The molecule has 0 saturated heterocycles. The molecule has 1 aromatic carbocycles. The van der Waals surface area contributed by atoms with Crippen molar-refractivity contribution in [3.8, 4) is 0 Å². The van der Waals surface area contributed by atoms with Gasteiger partial charge in [0.25, 0.3) is 0 Å². The van der Waals surface area contributed by atoms with Gasteiger partial charge in [0.2, 0.25) is 0 Å². The van der Waals surface area contributed by atoms with Crippen molar-refractivity contribution in [2.45, 2.75) is 20.4 Å². The summed E-state index contributed by atoms with van der Waals surface area (Å²) in [6.45, 7) is 4.58. The van der Waals surface area contributed by atoms with E-state index >= 15 is 0 Å². The predicted octanol–water partition coefficient (Wildman–Crippen LogP) is 4.05. The predicted molar refractivity (Wildman–Crippen MR) is 77.6 cm³/mol. The Hall–Kier alpha value is -0.430. The van der Waals surface area contributed by atoms with Gasteiger partial charge >= 0.3 is 0 Å². The Morgan fingerprint density at radius 1 is 1.41 bits per heavy atom. The quantitative estimate of drug-likeness (QED) is 0.685. The van der Waals surface area contributed by atoms with Crippen LogP contribution >= 0.6 is 38.5 Å². The molecule has 0 fully saturated rings. The van der Waals surface area contributed by atoms with Crippen LogP contribution in [0, 0.1) is 23.2 Å². The molecule has 0 bridgehead atoms. The molecule has 2 nitrogen and oxygen atoms in total. The first-order valence-electron chi connectivity index (χ1n) is 5.13. The minimum absolute atomic E-state index is 0.237. The molecule has 0 unspecified atom stereocenters. The van der Waals surface area contributed by atoms with E-state index in [4.69, 9.17) is 0 Å². The van der Waals surface area contributed by atoms with Crippen LogP contribution in [-0.4, -0.2) is 9.78 Å². The van der Waals surface area contributed by atoms with E-state index in [9.17, 15) is 4.39 Å². The molecule has 0 aliphatic rings. The van der Waals surface area contributed by atoms with Crippen molar-refractivity contribution in [1.82, 2.24) is 9.78 Å². The van der Waals surface area contributed by atoms with Crippen LogP contribution in [0.15, 0.2) is 22.7 Å². The number of halogens is 3. The molecule has 2 aromatic rings. The van der Waals surface area contributed by atoms with E-state index in [-0.39, 0.29) is 5.82 Å². The Kier molecular flexibility index (Phi) is 3.87. The van der Waals surface area contributed by atoms with Gasteiger partial charge in [0.1, 0.15) is 5.82 Å². The first-order valence-corrected chi connectivity index (χ1v) is 7.00.